The lowest BCUT2D eigenvalue weighted by molar-refractivity contribution is -0.137. The molecule has 0 radical (unpaired) electrons. The molecule has 2 atom stereocenters. The molecule has 312 valence electrons. The van der Waals surface area contributed by atoms with Gasteiger partial charge >= 0.3 is 18.2 Å². The number of ether oxygens (including phenoxy) is 2. The van der Waals surface area contributed by atoms with Crippen molar-refractivity contribution >= 4 is 35.8 Å². The van der Waals surface area contributed by atoms with Crippen LogP contribution in [0, 0.1) is 19.8 Å². The zero-order valence-electron chi connectivity index (χ0n) is 33.7. The second kappa shape index (κ2) is 24.3. The fourth-order valence-electron chi connectivity index (χ4n) is 6.52. The summed E-state index contributed by atoms with van der Waals surface area (Å²) >= 11 is 0. The summed E-state index contributed by atoms with van der Waals surface area (Å²) in [6.45, 7) is 3.80. The van der Waals surface area contributed by atoms with Gasteiger partial charge in [-0.1, -0.05) is 104 Å². The van der Waals surface area contributed by atoms with E-state index < -0.39 is 41.9 Å². The molecular formula is C46H54N4O9. The molecule has 4 rings (SSSR count). The number of carbonyl (C=O) groups excluding carboxylic acids is 4. The Hall–Kier alpha value is -6.50. The highest BCUT2D eigenvalue weighted by atomic mass is 16.6. The second-order valence-electron chi connectivity index (χ2n) is 14.4. The Morgan fingerprint density at radius 2 is 1.22 bits per heavy atom. The number of nitrogens with zero attached hydrogens (tertiary/aromatic N) is 1. The van der Waals surface area contributed by atoms with E-state index in [4.69, 9.17) is 14.6 Å². The number of hydrogen-bond acceptors (Lipinski definition) is 9. The molecule has 3 amide bonds. The number of unbranched alkanes of at least 4 members (excludes halogenated alkanes) is 2. The molecular weight excluding hydrogens is 753 g/mol. The molecule has 0 spiro atoms. The maximum atomic E-state index is 14.5. The number of ketones is 1. The molecule has 13 nitrogen and oxygen atoms in total. The zero-order chi connectivity index (χ0) is 42.4. The van der Waals surface area contributed by atoms with Gasteiger partial charge in [0, 0.05) is 31.7 Å². The number of aliphatic imine (C=N–C) groups is 1. The minimum Gasteiger partial charge on any atom is -0.508 e. The van der Waals surface area contributed by atoms with Crippen LogP contribution >= 0.6 is 0 Å². The number of benzene rings is 4. The van der Waals surface area contributed by atoms with Gasteiger partial charge in [-0.15, -0.1) is 0 Å². The third-order valence-electron chi connectivity index (χ3n) is 9.65. The SMILES string of the molecule is Cc1cc(O)cc(C)c1C[C@H](N=C(NC(=O)OCc1ccccc1)NC(=O)OCc1ccccc1)C(=O)C[C@H](CCCCCC(=O)O)C(=O)NCCCc1ccccc1. The van der Waals surface area contributed by atoms with Crippen LogP contribution in [0.1, 0.15) is 78.3 Å². The van der Waals surface area contributed by atoms with Crippen LogP contribution in [0.3, 0.4) is 0 Å². The van der Waals surface area contributed by atoms with Gasteiger partial charge in [0.05, 0.1) is 0 Å². The molecule has 4 aromatic rings. The van der Waals surface area contributed by atoms with Crippen LogP contribution in [0.15, 0.2) is 108 Å². The first-order chi connectivity index (χ1) is 28.5. The number of phenols is 1. The van der Waals surface area contributed by atoms with Crippen molar-refractivity contribution in [1.29, 1.82) is 0 Å². The molecule has 59 heavy (non-hydrogen) atoms. The average molecular weight is 807 g/mol. The van der Waals surface area contributed by atoms with E-state index in [0.717, 1.165) is 23.1 Å². The number of rotatable bonds is 21. The fourth-order valence-corrected chi connectivity index (χ4v) is 6.52. The number of hydrogen-bond donors (Lipinski definition) is 5. The number of nitrogens with one attached hydrogen (secondary N) is 3. The first kappa shape index (κ1) is 45.2. The van der Waals surface area contributed by atoms with Gasteiger partial charge < -0.3 is 25.0 Å². The van der Waals surface area contributed by atoms with E-state index >= 15 is 0 Å². The summed E-state index contributed by atoms with van der Waals surface area (Å²) in [7, 11) is 0. The number of alkyl carbamates (subject to hydrolysis) is 2. The number of aliphatic carboxylic acids is 1. The molecule has 0 heterocycles. The standard InChI is InChI=1S/C46H54N4O9/c1-32-26-38(51)27-33(2)39(32)29-40(41(52)28-37(23-13-6-14-24-42(53)54)43(55)47-25-15-22-34-16-7-3-8-17-34)48-44(49-45(56)58-30-35-18-9-4-10-19-35)50-46(57)59-31-36-20-11-5-12-21-36/h3-5,7-12,16-21,26-27,37,40,51H,6,13-15,22-25,28-31H2,1-2H3,(H,47,55)(H,53,54)(H2,48,49,50,56,57)/t37-,40-/m0/s1. The van der Waals surface area contributed by atoms with Crippen molar-refractivity contribution in [3.05, 3.63) is 137 Å². The van der Waals surface area contributed by atoms with Gasteiger partial charge in [-0.05, 0) is 85.0 Å². The molecule has 0 saturated heterocycles. The number of carboxylic acids is 1. The normalized spacial score (nSPS) is 11.7. The lowest BCUT2D eigenvalue weighted by Crippen LogP contribution is -2.46. The van der Waals surface area contributed by atoms with Gasteiger partial charge in [0.25, 0.3) is 0 Å². The lowest BCUT2D eigenvalue weighted by Gasteiger charge is -2.21. The highest BCUT2D eigenvalue weighted by Crippen LogP contribution is 2.25. The summed E-state index contributed by atoms with van der Waals surface area (Å²) in [4.78, 5) is 70.2. The van der Waals surface area contributed by atoms with Crippen molar-refractivity contribution in [2.24, 2.45) is 10.9 Å². The molecule has 0 aliphatic heterocycles. The number of carbonyl (C=O) groups is 5. The van der Waals surface area contributed by atoms with Crippen LogP contribution < -0.4 is 16.0 Å². The monoisotopic (exact) mass is 806 g/mol. The highest BCUT2D eigenvalue weighted by molar-refractivity contribution is 6.02. The number of guanidine groups is 1. The van der Waals surface area contributed by atoms with E-state index in [1.807, 2.05) is 42.5 Å². The van der Waals surface area contributed by atoms with Crippen LogP contribution in [0.5, 0.6) is 5.75 Å². The van der Waals surface area contributed by atoms with Crippen molar-refractivity contribution in [2.75, 3.05) is 6.54 Å². The summed E-state index contributed by atoms with van der Waals surface area (Å²) in [5.74, 6) is -2.77. The molecule has 5 N–H and O–H groups in total. The minimum absolute atomic E-state index is 0.00173. The molecule has 0 bridgehead atoms. The average Bonchev–Trinajstić information content (AvgIpc) is 3.22. The van der Waals surface area contributed by atoms with Gasteiger partial charge in [-0.25, -0.2) is 14.6 Å². The van der Waals surface area contributed by atoms with Crippen LogP contribution in [0.2, 0.25) is 0 Å². The molecule has 0 aliphatic rings. The van der Waals surface area contributed by atoms with Crippen molar-refractivity contribution in [1.82, 2.24) is 16.0 Å². The van der Waals surface area contributed by atoms with Gasteiger partial charge in [0.1, 0.15) is 25.0 Å². The van der Waals surface area contributed by atoms with Crippen molar-refractivity contribution in [2.45, 2.75) is 90.9 Å². The third kappa shape index (κ3) is 16.9. The van der Waals surface area contributed by atoms with E-state index in [9.17, 15) is 29.1 Å². The Labute approximate surface area is 345 Å². The number of aromatic hydroxyl groups is 1. The highest BCUT2D eigenvalue weighted by Gasteiger charge is 2.29. The van der Waals surface area contributed by atoms with E-state index in [0.29, 0.717) is 55.3 Å². The summed E-state index contributed by atoms with van der Waals surface area (Å²) < 4.78 is 10.8. The van der Waals surface area contributed by atoms with Gasteiger partial charge in [-0.2, -0.15) is 0 Å². The van der Waals surface area contributed by atoms with Gasteiger partial charge in [-0.3, -0.25) is 25.0 Å². The van der Waals surface area contributed by atoms with Crippen molar-refractivity contribution < 1.29 is 43.7 Å². The van der Waals surface area contributed by atoms with Gasteiger partial charge in [0.15, 0.2) is 5.78 Å². The van der Waals surface area contributed by atoms with Crippen LogP contribution in [0.4, 0.5) is 9.59 Å². The minimum atomic E-state index is -1.23. The van der Waals surface area contributed by atoms with E-state index in [1.54, 1.807) is 74.5 Å². The quantitative estimate of drug-likeness (QED) is 0.0322. The predicted molar refractivity (Wildman–Crippen MR) is 224 cm³/mol. The fraction of sp³-hybridized carbons (Fsp3) is 0.348. The van der Waals surface area contributed by atoms with E-state index in [2.05, 4.69) is 20.9 Å². The number of phenolic OH excluding ortho intramolecular Hbond substituents is 1. The van der Waals surface area contributed by atoms with Crippen LogP contribution in [-0.4, -0.2) is 58.6 Å². The van der Waals surface area contributed by atoms with Gasteiger partial charge in [0.2, 0.25) is 11.9 Å². The van der Waals surface area contributed by atoms with E-state index in [-0.39, 0.29) is 44.1 Å². The largest absolute Gasteiger partial charge is 0.508 e. The van der Waals surface area contributed by atoms with Crippen LogP contribution in [0.25, 0.3) is 0 Å². The first-order valence-electron chi connectivity index (χ1n) is 19.8. The summed E-state index contributed by atoms with van der Waals surface area (Å²) in [5.41, 5.74) is 4.66. The molecule has 0 aliphatic carbocycles. The zero-order valence-corrected chi connectivity index (χ0v) is 33.7. The van der Waals surface area contributed by atoms with Crippen LogP contribution in [-0.2, 0) is 49.9 Å². The smallest absolute Gasteiger partial charge is 0.414 e. The Kier molecular flexibility index (Phi) is 18.6. The predicted octanol–water partition coefficient (Wildman–Crippen LogP) is 7.49. The number of Topliss-reactive ketones (excluding diaryl/α,β-unsaturated/α-hetero) is 1. The maximum Gasteiger partial charge on any atom is 0.414 e. The second-order valence-corrected chi connectivity index (χ2v) is 14.4. The van der Waals surface area contributed by atoms with E-state index in [1.165, 1.54) is 0 Å². The third-order valence-corrected chi connectivity index (χ3v) is 9.65. The molecule has 0 fully saturated rings. The number of carboxylic acid groups (broad SMARTS) is 1. The summed E-state index contributed by atoms with van der Waals surface area (Å²) in [6, 6.07) is 29.7. The number of amides is 3. The maximum absolute atomic E-state index is 14.5. The Morgan fingerprint density at radius 1 is 0.695 bits per heavy atom. The van der Waals surface area contributed by atoms with Crippen molar-refractivity contribution in [3.63, 3.8) is 0 Å². The lowest BCUT2D eigenvalue weighted by atomic mass is 9.88. The molecule has 0 saturated carbocycles. The Morgan fingerprint density at radius 3 is 1.75 bits per heavy atom. The first-order valence-corrected chi connectivity index (χ1v) is 19.8. The summed E-state index contributed by atoms with van der Waals surface area (Å²) in [5, 5.41) is 27.3. The molecule has 0 aromatic heterocycles. The topological polar surface area (TPSA) is 193 Å². The molecule has 13 heteroatoms. The molecule has 4 aromatic carbocycles. The summed E-state index contributed by atoms with van der Waals surface area (Å²) in [6.07, 6.45) is 1.15. The Bertz CT molecular complexity index is 1920. The van der Waals surface area contributed by atoms with Crippen molar-refractivity contribution in [3.8, 4) is 5.75 Å². The number of aryl methyl sites for hydroxylation is 3. The molecule has 0 unspecified atom stereocenters. The Balaban J connectivity index is 1.60.